The lowest BCUT2D eigenvalue weighted by Crippen LogP contribution is -2.53. The van der Waals surface area contributed by atoms with Gasteiger partial charge in [0.2, 0.25) is 5.91 Å². The molecule has 4 rings (SSSR count). The quantitative estimate of drug-likeness (QED) is 0.679. The summed E-state index contributed by atoms with van der Waals surface area (Å²) in [5.41, 5.74) is 1.43. The smallest absolute Gasteiger partial charge is 0.407 e. The largest absolute Gasteiger partial charge is 0.465 e. The summed E-state index contributed by atoms with van der Waals surface area (Å²) in [5, 5.41) is 2.90. The summed E-state index contributed by atoms with van der Waals surface area (Å²) < 4.78 is 25.0. The van der Waals surface area contributed by atoms with Gasteiger partial charge < -0.3 is 19.7 Å². The Morgan fingerprint density at radius 3 is 2.45 bits per heavy atom. The molecule has 2 aromatic carbocycles. The van der Waals surface area contributed by atoms with Crippen LogP contribution in [0.2, 0.25) is 0 Å². The lowest BCUT2D eigenvalue weighted by molar-refractivity contribution is -0.117. The van der Waals surface area contributed by atoms with Gasteiger partial charge in [-0.15, -0.1) is 0 Å². The van der Waals surface area contributed by atoms with Crippen LogP contribution in [0.5, 0.6) is 0 Å². The minimum Gasteiger partial charge on any atom is -0.465 e. The van der Waals surface area contributed by atoms with Crippen LogP contribution in [0.1, 0.15) is 54.2 Å². The van der Waals surface area contributed by atoms with Crippen molar-refractivity contribution in [1.29, 1.82) is 0 Å². The monoisotopic (exact) mass is 454 g/mol. The van der Waals surface area contributed by atoms with E-state index in [0.717, 1.165) is 18.4 Å². The molecule has 8 heteroatoms. The van der Waals surface area contributed by atoms with E-state index in [1.807, 2.05) is 37.3 Å². The van der Waals surface area contributed by atoms with Crippen LogP contribution in [0.15, 0.2) is 42.5 Å². The standard InChI is InChI=1S/C25H27FN2O5/c1-14-22(27-25(31)33-13-16-7-5-4-6-8-16)19-11-18(24(30)32-3)20(26)12-21(19)28(15(2)29)23(14)17-9-10-17/h4-8,11-12,14,17,22-23H,9-10,13H2,1-3H3,(H,27,31). The molecule has 1 fully saturated rings. The number of anilines is 1. The third-order valence-corrected chi connectivity index (χ3v) is 6.41. The molecule has 1 saturated carbocycles. The number of hydrogen-bond donors (Lipinski definition) is 1. The second-order valence-electron chi connectivity index (χ2n) is 8.64. The highest BCUT2D eigenvalue weighted by Gasteiger charge is 2.48. The number of nitrogens with one attached hydrogen (secondary N) is 1. The van der Waals surface area contributed by atoms with Crippen molar-refractivity contribution in [3.05, 3.63) is 65.0 Å². The summed E-state index contributed by atoms with van der Waals surface area (Å²) in [4.78, 5) is 39.1. The van der Waals surface area contributed by atoms with Gasteiger partial charge in [0.1, 0.15) is 12.4 Å². The van der Waals surface area contributed by atoms with Crippen LogP contribution in [-0.4, -0.2) is 31.1 Å². The van der Waals surface area contributed by atoms with Crippen molar-refractivity contribution in [2.45, 2.75) is 45.4 Å². The van der Waals surface area contributed by atoms with E-state index in [0.29, 0.717) is 11.3 Å². The van der Waals surface area contributed by atoms with Gasteiger partial charge in [0.15, 0.2) is 0 Å². The van der Waals surface area contributed by atoms with E-state index in [9.17, 15) is 18.8 Å². The number of fused-ring (bicyclic) bond motifs is 1. The van der Waals surface area contributed by atoms with Crippen LogP contribution in [0.25, 0.3) is 0 Å². The molecule has 1 aliphatic heterocycles. The summed E-state index contributed by atoms with van der Waals surface area (Å²) >= 11 is 0. The predicted molar refractivity (Wildman–Crippen MR) is 119 cm³/mol. The number of hydrogen-bond acceptors (Lipinski definition) is 5. The highest BCUT2D eigenvalue weighted by molar-refractivity contribution is 5.96. The molecule has 33 heavy (non-hydrogen) atoms. The maximum atomic E-state index is 14.8. The van der Waals surface area contributed by atoms with Crippen LogP contribution < -0.4 is 10.2 Å². The average molecular weight is 454 g/mol. The number of rotatable bonds is 5. The van der Waals surface area contributed by atoms with Gasteiger partial charge >= 0.3 is 12.1 Å². The molecular weight excluding hydrogens is 427 g/mol. The maximum Gasteiger partial charge on any atom is 0.407 e. The molecule has 1 aliphatic carbocycles. The van der Waals surface area contributed by atoms with Crippen molar-refractivity contribution >= 4 is 23.7 Å². The number of benzene rings is 2. The summed E-state index contributed by atoms with van der Waals surface area (Å²) in [6.07, 6.45) is 1.29. The minimum atomic E-state index is -0.827. The summed E-state index contributed by atoms with van der Waals surface area (Å²) in [7, 11) is 1.17. The van der Waals surface area contributed by atoms with Crippen molar-refractivity contribution in [3.63, 3.8) is 0 Å². The lowest BCUT2D eigenvalue weighted by Gasteiger charge is -2.45. The highest BCUT2D eigenvalue weighted by atomic mass is 19.1. The highest BCUT2D eigenvalue weighted by Crippen LogP contribution is 2.49. The van der Waals surface area contributed by atoms with E-state index in [1.54, 1.807) is 4.90 Å². The number of carbonyl (C=O) groups excluding carboxylic acids is 3. The number of amides is 2. The zero-order chi connectivity index (χ0) is 23.7. The number of halogens is 1. The van der Waals surface area contributed by atoms with Crippen molar-refractivity contribution in [1.82, 2.24) is 5.32 Å². The van der Waals surface area contributed by atoms with Crippen molar-refractivity contribution in [2.75, 3.05) is 12.0 Å². The molecule has 3 unspecified atom stereocenters. The first kappa shape index (κ1) is 22.8. The summed E-state index contributed by atoms with van der Waals surface area (Å²) in [6.45, 7) is 3.49. The molecule has 0 bridgehead atoms. The third kappa shape index (κ3) is 4.55. The van der Waals surface area contributed by atoms with E-state index in [4.69, 9.17) is 9.47 Å². The van der Waals surface area contributed by atoms with Crippen LogP contribution in [0.4, 0.5) is 14.9 Å². The molecule has 1 N–H and O–H groups in total. The number of esters is 1. The second kappa shape index (κ2) is 9.21. The van der Waals surface area contributed by atoms with Gasteiger partial charge in [-0.2, -0.15) is 0 Å². The molecule has 0 aromatic heterocycles. The number of carbonyl (C=O) groups is 3. The Kier molecular flexibility index (Phi) is 6.35. The maximum absolute atomic E-state index is 14.8. The minimum absolute atomic E-state index is 0.100. The third-order valence-electron chi connectivity index (χ3n) is 6.41. The van der Waals surface area contributed by atoms with Crippen LogP contribution in [0.3, 0.4) is 0 Å². The first-order valence-electron chi connectivity index (χ1n) is 11.0. The first-order chi connectivity index (χ1) is 15.8. The van der Waals surface area contributed by atoms with Gasteiger partial charge in [0, 0.05) is 18.9 Å². The molecule has 0 radical (unpaired) electrons. The molecule has 3 atom stereocenters. The molecule has 7 nitrogen and oxygen atoms in total. The molecule has 174 valence electrons. The first-order valence-corrected chi connectivity index (χ1v) is 11.0. The Morgan fingerprint density at radius 1 is 1.15 bits per heavy atom. The number of alkyl carbamates (subject to hydrolysis) is 1. The normalized spacial score (nSPS) is 21.7. The fourth-order valence-electron chi connectivity index (χ4n) is 4.74. The Balaban J connectivity index is 1.69. The number of methoxy groups -OCH3 is 1. The fraction of sp³-hybridized carbons (Fsp3) is 0.400. The van der Waals surface area contributed by atoms with Crippen molar-refractivity contribution < 1.29 is 28.2 Å². The Hall–Kier alpha value is -3.42. The molecule has 2 amide bonds. The zero-order valence-corrected chi connectivity index (χ0v) is 18.8. The Bertz CT molecular complexity index is 1070. The van der Waals surface area contributed by atoms with Gasteiger partial charge in [0.25, 0.3) is 0 Å². The Morgan fingerprint density at radius 2 is 1.85 bits per heavy atom. The van der Waals surface area contributed by atoms with Crippen LogP contribution >= 0.6 is 0 Å². The molecule has 0 spiro atoms. The van der Waals surface area contributed by atoms with Crippen LogP contribution in [-0.2, 0) is 20.9 Å². The predicted octanol–water partition coefficient (Wildman–Crippen LogP) is 4.36. The molecule has 2 aliphatic rings. The van der Waals surface area contributed by atoms with E-state index >= 15 is 0 Å². The fourth-order valence-corrected chi connectivity index (χ4v) is 4.74. The molecule has 0 saturated heterocycles. The van der Waals surface area contributed by atoms with Gasteiger partial charge in [-0.25, -0.2) is 14.0 Å². The SMILES string of the molecule is COC(=O)c1cc2c(cc1F)N(C(C)=O)C(C1CC1)C(C)C2NC(=O)OCc1ccccc1. The van der Waals surface area contributed by atoms with Crippen molar-refractivity contribution in [3.8, 4) is 0 Å². The zero-order valence-electron chi connectivity index (χ0n) is 18.8. The molecular formula is C25H27FN2O5. The summed E-state index contributed by atoms with van der Waals surface area (Å²) in [6, 6.07) is 11.1. The van der Waals surface area contributed by atoms with E-state index in [2.05, 4.69) is 5.32 Å². The van der Waals surface area contributed by atoms with Gasteiger partial charge in [-0.1, -0.05) is 37.3 Å². The second-order valence-corrected chi connectivity index (χ2v) is 8.64. The Labute approximate surface area is 191 Å². The topological polar surface area (TPSA) is 84.9 Å². The van der Waals surface area contributed by atoms with E-state index < -0.39 is 23.9 Å². The van der Waals surface area contributed by atoms with Gasteiger partial charge in [0.05, 0.1) is 24.4 Å². The summed E-state index contributed by atoms with van der Waals surface area (Å²) in [5.74, 6) is -1.73. The lowest BCUT2D eigenvalue weighted by atomic mass is 9.79. The van der Waals surface area contributed by atoms with Crippen molar-refractivity contribution in [2.24, 2.45) is 11.8 Å². The van der Waals surface area contributed by atoms with Gasteiger partial charge in [-0.3, -0.25) is 4.79 Å². The average Bonchev–Trinajstić information content (AvgIpc) is 3.64. The van der Waals surface area contributed by atoms with E-state index in [-0.39, 0.29) is 36.0 Å². The molecule has 1 heterocycles. The molecule has 2 aromatic rings. The van der Waals surface area contributed by atoms with Crippen LogP contribution in [0, 0.1) is 17.7 Å². The van der Waals surface area contributed by atoms with Gasteiger partial charge in [-0.05, 0) is 42.0 Å². The van der Waals surface area contributed by atoms with E-state index in [1.165, 1.54) is 26.2 Å². The number of ether oxygens (including phenoxy) is 2. The number of nitrogens with zero attached hydrogens (tertiary/aromatic N) is 1.